The number of oxazole rings is 1. The summed E-state index contributed by atoms with van der Waals surface area (Å²) in [6, 6.07) is 7.47. The molecule has 2 aromatic rings. The van der Waals surface area contributed by atoms with Gasteiger partial charge in [0.25, 0.3) is 0 Å². The lowest BCUT2D eigenvalue weighted by molar-refractivity contribution is -0.119. The van der Waals surface area contributed by atoms with Crippen LogP contribution >= 0.6 is 0 Å². The fourth-order valence-electron chi connectivity index (χ4n) is 1.74. The van der Waals surface area contributed by atoms with E-state index in [9.17, 15) is 4.79 Å². The highest BCUT2D eigenvalue weighted by atomic mass is 16.3. The van der Waals surface area contributed by atoms with E-state index in [2.05, 4.69) is 15.6 Å². The molecule has 0 spiro atoms. The zero-order valence-corrected chi connectivity index (χ0v) is 11.0. The standard InChI is InChI=1S/C14H17N3O2/c1-10(7-15-2)14(18)17-12-5-3-11(4-6-12)13-8-16-9-19-13/h3-6,8-10,15H,7H2,1-2H3,(H,17,18). The fraction of sp³-hybridized carbons (Fsp3) is 0.286. The number of anilines is 1. The molecule has 0 radical (unpaired) electrons. The monoisotopic (exact) mass is 259 g/mol. The van der Waals surface area contributed by atoms with Crippen LogP contribution in [0.3, 0.4) is 0 Å². The van der Waals surface area contributed by atoms with Gasteiger partial charge in [0, 0.05) is 23.7 Å². The molecule has 0 aliphatic heterocycles. The van der Waals surface area contributed by atoms with Crippen molar-refractivity contribution in [1.82, 2.24) is 10.3 Å². The smallest absolute Gasteiger partial charge is 0.228 e. The highest BCUT2D eigenvalue weighted by molar-refractivity contribution is 5.92. The van der Waals surface area contributed by atoms with Crippen LogP contribution in [0, 0.1) is 5.92 Å². The van der Waals surface area contributed by atoms with E-state index >= 15 is 0 Å². The van der Waals surface area contributed by atoms with Gasteiger partial charge in [-0.2, -0.15) is 0 Å². The Morgan fingerprint density at radius 1 is 1.37 bits per heavy atom. The first-order valence-electron chi connectivity index (χ1n) is 6.15. The molecule has 1 amide bonds. The van der Waals surface area contributed by atoms with Crippen LogP contribution in [-0.2, 0) is 4.79 Å². The van der Waals surface area contributed by atoms with E-state index in [4.69, 9.17) is 4.42 Å². The van der Waals surface area contributed by atoms with Crippen LogP contribution in [-0.4, -0.2) is 24.5 Å². The Kier molecular flexibility index (Phi) is 4.30. The van der Waals surface area contributed by atoms with Crippen LogP contribution in [0.4, 0.5) is 5.69 Å². The van der Waals surface area contributed by atoms with Crippen LogP contribution in [0.15, 0.2) is 41.3 Å². The number of hydrogen-bond acceptors (Lipinski definition) is 4. The Morgan fingerprint density at radius 2 is 2.11 bits per heavy atom. The molecule has 1 aromatic heterocycles. The molecule has 1 unspecified atom stereocenters. The Bertz CT molecular complexity index is 520. The lowest BCUT2D eigenvalue weighted by Crippen LogP contribution is -2.28. The Balaban J connectivity index is 2.01. The van der Waals surface area contributed by atoms with Gasteiger partial charge in [0.2, 0.25) is 5.91 Å². The van der Waals surface area contributed by atoms with Crippen molar-refractivity contribution < 1.29 is 9.21 Å². The molecule has 0 fully saturated rings. The summed E-state index contributed by atoms with van der Waals surface area (Å²) < 4.78 is 5.20. The van der Waals surface area contributed by atoms with Crippen molar-refractivity contribution >= 4 is 11.6 Å². The quantitative estimate of drug-likeness (QED) is 0.863. The van der Waals surface area contributed by atoms with E-state index in [0.29, 0.717) is 12.3 Å². The predicted molar refractivity (Wildman–Crippen MR) is 73.7 cm³/mol. The van der Waals surface area contributed by atoms with Crippen molar-refractivity contribution in [3.05, 3.63) is 36.9 Å². The molecule has 100 valence electrons. The second-order valence-corrected chi connectivity index (χ2v) is 4.39. The molecule has 19 heavy (non-hydrogen) atoms. The van der Waals surface area contributed by atoms with E-state index in [1.807, 2.05) is 38.2 Å². The summed E-state index contributed by atoms with van der Waals surface area (Å²) >= 11 is 0. The van der Waals surface area contributed by atoms with E-state index in [1.54, 1.807) is 6.20 Å². The van der Waals surface area contributed by atoms with Crippen molar-refractivity contribution in [2.75, 3.05) is 18.9 Å². The largest absolute Gasteiger partial charge is 0.444 e. The van der Waals surface area contributed by atoms with Crippen molar-refractivity contribution in [3.63, 3.8) is 0 Å². The van der Waals surface area contributed by atoms with Gasteiger partial charge in [-0.3, -0.25) is 4.79 Å². The van der Waals surface area contributed by atoms with Crippen LogP contribution < -0.4 is 10.6 Å². The van der Waals surface area contributed by atoms with Gasteiger partial charge < -0.3 is 15.1 Å². The third-order valence-electron chi connectivity index (χ3n) is 2.83. The van der Waals surface area contributed by atoms with E-state index < -0.39 is 0 Å². The second-order valence-electron chi connectivity index (χ2n) is 4.39. The average molecular weight is 259 g/mol. The first-order valence-corrected chi connectivity index (χ1v) is 6.15. The van der Waals surface area contributed by atoms with Crippen LogP contribution in [0.5, 0.6) is 0 Å². The molecule has 0 bridgehead atoms. The SMILES string of the molecule is CNCC(C)C(=O)Nc1ccc(-c2cnco2)cc1. The number of carbonyl (C=O) groups excluding carboxylic acids is 1. The lowest BCUT2D eigenvalue weighted by Gasteiger charge is -2.11. The van der Waals surface area contributed by atoms with Crippen molar-refractivity contribution in [2.24, 2.45) is 5.92 Å². The van der Waals surface area contributed by atoms with Gasteiger partial charge in [0.15, 0.2) is 12.2 Å². The molecular weight excluding hydrogens is 242 g/mol. The first-order chi connectivity index (χ1) is 9.20. The number of carbonyl (C=O) groups is 1. The van der Waals surface area contributed by atoms with E-state index in [0.717, 1.165) is 11.3 Å². The number of nitrogens with one attached hydrogen (secondary N) is 2. The minimum atomic E-state index is -0.0704. The van der Waals surface area contributed by atoms with Crippen LogP contribution in [0.2, 0.25) is 0 Å². The van der Waals surface area contributed by atoms with Crippen LogP contribution in [0.1, 0.15) is 6.92 Å². The van der Waals surface area contributed by atoms with E-state index in [-0.39, 0.29) is 11.8 Å². The highest BCUT2D eigenvalue weighted by Crippen LogP contribution is 2.20. The highest BCUT2D eigenvalue weighted by Gasteiger charge is 2.11. The number of rotatable bonds is 5. The molecule has 0 saturated heterocycles. The molecule has 5 nitrogen and oxygen atoms in total. The van der Waals surface area contributed by atoms with Crippen molar-refractivity contribution in [3.8, 4) is 11.3 Å². The summed E-state index contributed by atoms with van der Waals surface area (Å²) in [5, 5.41) is 5.86. The topological polar surface area (TPSA) is 67.2 Å². The van der Waals surface area contributed by atoms with Crippen molar-refractivity contribution in [2.45, 2.75) is 6.92 Å². The van der Waals surface area contributed by atoms with Gasteiger partial charge in [-0.15, -0.1) is 0 Å². The predicted octanol–water partition coefficient (Wildman–Crippen LogP) is 2.14. The number of nitrogens with zero attached hydrogens (tertiary/aromatic N) is 1. The van der Waals surface area contributed by atoms with E-state index in [1.165, 1.54) is 6.39 Å². The summed E-state index contributed by atoms with van der Waals surface area (Å²) in [5.74, 6) is 0.641. The molecule has 1 aromatic carbocycles. The zero-order valence-electron chi connectivity index (χ0n) is 11.0. The molecule has 1 heterocycles. The molecule has 2 rings (SSSR count). The maximum atomic E-state index is 11.8. The van der Waals surface area contributed by atoms with Gasteiger partial charge in [-0.1, -0.05) is 6.92 Å². The maximum Gasteiger partial charge on any atom is 0.228 e. The summed E-state index contributed by atoms with van der Waals surface area (Å²) in [5.41, 5.74) is 1.70. The molecule has 1 atom stereocenters. The third-order valence-corrected chi connectivity index (χ3v) is 2.83. The molecular formula is C14H17N3O2. The number of benzene rings is 1. The lowest BCUT2D eigenvalue weighted by atomic mass is 10.1. The van der Waals surface area contributed by atoms with Crippen molar-refractivity contribution in [1.29, 1.82) is 0 Å². The van der Waals surface area contributed by atoms with Gasteiger partial charge in [-0.25, -0.2) is 4.98 Å². The Morgan fingerprint density at radius 3 is 2.68 bits per heavy atom. The Hall–Kier alpha value is -2.14. The molecule has 0 aliphatic carbocycles. The number of amides is 1. The summed E-state index contributed by atoms with van der Waals surface area (Å²) in [4.78, 5) is 15.7. The summed E-state index contributed by atoms with van der Waals surface area (Å²) in [7, 11) is 1.83. The average Bonchev–Trinajstić information content (AvgIpc) is 2.94. The van der Waals surface area contributed by atoms with Gasteiger partial charge in [0.05, 0.1) is 6.20 Å². The van der Waals surface area contributed by atoms with Crippen LogP contribution in [0.25, 0.3) is 11.3 Å². The molecule has 0 saturated carbocycles. The minimum Gasteiger partial charge on any atom is -0.444 e. The maximum absolute atomic E-state index is 11.8. The minimum absolute atomic E-state index is 0.00163. The Labute approximate surface area is 112 Å². The van der Waals surface area contributed by atoms with Gasteiger partial charge in [0.1, 0.15) is 0 Å². The molecule has 0 aliphatic rings. The summed E-state index contributed by atoms with van der Waals surface area (Å²) in [6.07, 6.45) is 3.05. The van der Waals surface area contributed by atoms with Gasteiger partial charge in [-0.05, 0) is 31.3 Å². The number of hydrogen-bond donors (Lipinski definition) is 2. The first kappa shape index (κ1) is 13.3. The fourth-order valence-corrected chi connectivity index (χ4v) is 1.74. The normalized spacial score (nSPS) is 12.1. The second kappa shape index (κ2) is 6.15. The molecule has 5 heteroatoms. The number of aromatic nitrogens is 1. The third kappa shape index (κ3) is 3.42. The molecule has 2 N–H and O–H groups in total. The summed E-state index contributed by atoms with van der Waals surface area (Å²) in [6.45, 7) is 2.54. The zero-order chi connectivity index (χ0) is 13.7. The van der Waals surface area contributed by atoms with Gasteiger partial charge >= 0.3 is 0 Å².